The standard InChI is InChI=1S/C19H25N5O3/c1-13(2)24-18(26)10-9-16(22-24)23-11-4-3-6-14(23)12-20-19(27)15-7-5-8-17(25)21-15/h5,7-10,13-14H,3-4,6,11-12H2,1-2H3,(H,20,27)(H,21,25). The third kappa shape index (κ3) is 4.45. The van der Waals surface area contributed by atoms with E-state index in [1.807, 2.05) is 13.8 Å². The fraction of sp³-hybridized carbons (Fsp3) is 0.474. The summed E-state index contributed by atoms with van der Waals surface area (Å²) in [6, 6.07) is 7.86. The van der Waals surface area contributed by atoms with Crippen LogP contribution in [-0.2, 0) is 0 Å². The summed E-state index contributed by atoms with van der Waals surface area (Å²) >= 11 is 0. The molecule has 2 aromatic heterocycles. The summed E-state index contributed by atoms with van der Waals surface area (Å²) < 4.78 is 1.48. The Hall–Kier alpha value is -2.90. The molecule has 1 fully saturated rings. The monoisotopic (exact) mass is 371 g/mol. The number of piperidine rings is 1. The van der Waals surface area contributed by atoms with E-state index in [-0.39, 0.29) is 34.8 Å². The largest absolute Gasteiger partial charge is 0.350 e. The van der Waals surface area contributed by atoms with Crippen molar-refractivity contribution in [1.82, 2.24) is 20.1 Å². The van der Waals surface area contributed by atoms with E-state index in [0.717, 1.165) is 31.6 Å². The van der Waals surface area contributed by atoms with Crippen LogP contribution < -0.4 is 21.3 Å². The van der Waals surface area contributed by atoms with Gasteiger partial charge in [0.1, 0.15) is 11.5 Å². The van der Waals surface area contributed by atoms with Crippen molar-refractivity contribution in [3.05, 3.63) is 56.7 Å². The Balaban J connectivity index is 1.74. The fourth-order valence-corrected chi connectivity index (χ4v) is 3.34. The Morgan fingerprint density at radius 1 is 1.26 bits per heavy atom. The van der Waals surface area contributed by atoms with Crippen LogP contribution in [-0.4, -0.2) is 39.8 Å². The van der Waals surface area contributed by atoms with Gasteiger partial charge in [-0.15, -0.1) is 0 Å². The highest BCUT2D eigenvalue weighted by molar-refractivity contribution is 5.92. The average Bonchev–Trinajstić information content (AvgIpc) is 2.66. The summed E-state index contributed by atoms with van der Waals surface area (Å²) in [6.45, 7) is 5.11. The SMILES string of the molecule is CC(C)n1nc(N2CCCCC2CNC(=O)c2cccc(=O)[nH]2)ccc1=O. The number of pyridine rings is 1. The maximum atomic E-state index is 12.3. The van der Waals surface area contributed by atoms with Gasteiger partial charge in [0.25, 0.3) is 11.5 Å². The first-order valence-corrected chi connectivity index (χ1v) is 9.30. The number of hydrogen-bond acceptors (Lipinski definition) is 5. The van der Waals surface area contributed by atoms with Gasteiger partial charge in [-0.3, -0.25) is 14.4 Å². The second-order valence-electron chi connectivity index (χ2n) is 7.05. The molecule has 1 aliphatic rings. The molecule has 3 heterocycles. The van der Waals surface area contributed by atoms with Crippen molar-refractivity contribution >= 4 is 11.7 Å². The predicted octanol–water partition coefficient (Wildman–Crippen LogP) is 1.30. The lowest BCUT2D eigenvalue weighted by Crippen LogP contribution is -2.48. The van der Waals surface area contributed by atoms with Crippen molar-refractivity contribution in [3.8, 4) is 0 Å². The van der Waals surface area contributed by atoms with Gasteiger partial charge >= 0.3 is 0 Å². The van der Waals surface area contributed by atoms with E-state index in [4.69, 9.17) is 0 Å². The molecule has 3 rings (SSSR count). The van der Waals surface area contributed by atoms with Crippen molar-refractivity contribution in [3.63, 3.8) is 0 Å². The summed E-state index contributed by atoms with van der Waals surface area (Å²) in [6.07, 6.45) is 3.04. The van der Waals surface area contributed by atoms with Crippen LogP contribution in [0.5, 0.6) is 0 Å². The van der Waals surface area contributed by atoms with Crippen molar-refractivity contribution < 1.29 is 4.79 Å². The first-order chi connectivity index (χ1) is 13.0. The lowest BCUT2D eigenvalue weighted by molar-refractivity contribution is 0.0944. The summed E-state index contributed by atoms with van der Waals surface area (Å²) in [5.41, 5.74) is -0.179. The van der Waals surface area contributed by atoms with Crippen molar-refractivity contribution in [2.45, 2.75) is 45.2 Å². The quantitative estimate of drug-likeness (QED) is 0.825. The Morgan fingerprint density at radius 2 is 2.07 bits per heavy atom. The van der Waals surface area contributed by atoms with E-state index in [0.29, 0.717) is 6.54 Å². The molecule has 8 heteroatoms. The molecule has 0 spiro atoms. The van der Waals surface area contributed by atoms with Crippen LogP contribution in [0.15, 0.2) is 39.9 Å². The molecule has 8 nitrogen and oxygen atoms in total. The number of anilines is 1. The zero-order chi connectivity index (χ0) is 19.4. The zero-order valence-corrected chi connectivity index (χ0v) is 15.6. The van der Waals surface area contributed by atoms with Gasteiger partial charge in [-0.05, 0) is 45.2 Å². The van der Waals surface area contributed by atoms with Crippen LogP contribution in [0.1, 0.15) is 49.6 Å². The number of carbonyl (C=O) groups excluding carboxylic acids is 1. The lowest BCUT2D eigenvalue weighted by Gasteiger charge is -2.36. The molecule has 27 heavy (non-hydrogen) atoms. The van der Waals surface area contributed by atoms with Crippen LogP contribution in [0, 0.1) is 0 Å². The van der Waals surface area contributed by atoms with Gasteiger partial charge < -0.3 is 15.2 Å². The van der Waals surface area contributed by atoms with Crippen LogP contribution in [0.2, 0.25) is 0 Å². The van der Waals surface area contributed by atoms with Crippen LogP contribution in [0.3, 0.4) is 0 Å². The third-order valence-electron chi connectivity index (χ3n) is 4.73. The number of H-pyrrole nitrogens is 1. The van der Waals surface area contributed by atoms with Gasteiger partial charge in [-0.25, -0.2) is 4.68 Å². The summed E-state index contributed by atoms with van der Waals surface area (Å²) in [5.74, 6) is 0.439. The van der Waals surface area contributed by atoms with E-state index < -0.39 is 0 Å². The Labute approximate surface area is 157 Å². The second kappa shape index (κ2) is 8.20. The average molecular weight is 371 g/mol. The predicted molar refractivity (Wildman–Crippen MR) is 103 cm³/mol. The van der Waals surface area contributed by atoms with Crippen LogP contribution in [0.4, 0.5) is 5.82 Å². The van der Waals surface area contributed by atoms with Crippen molar-refractivity contribution in [2.75, 3.05) is 18.0 Å². The van der Waals surface area contributed by atoms with Crippen LogP contribution in [0.25, 0.3) is 0 Å². The van der Waals surface area contributed by atoms with Gasteiger partial charge in [-0.1, -0.05) is 6.07 Å². The zero-order valence-electron chi connectivity index (χ0n) is 15.6. The minimum atomic E-state index is -0.307. The molecular formula is C19H25N5O3. The molecule has 2 N–H and O–H groups in total. The smallest absolute Gasteiger partial charge is 0.267 e. The highest BCUT2D eigenvalue weighted by atomic mass is 16.2. The summed E-state index contributed by atoms with van der Waals surface area (Å²) in [7, 11) is 0. The topological polar surface area (TPSA) is 100 Å². The van der Waals surface area contributed by atoms with Gasteiger partial charge in [0.2, 0.25) is 5.56 Å². The van der Waals surface area contributed by atoms with Gasteiger partial charge in [0.15, 0.2) is 0 Å². The Morgan fingerprint density at radius 3 is 2.81 bits per heavy atom. The number of carbonyl (C=O) groups is 1. The van der Waals surface area contributed by atoms with Gasteiger partial charge in [0, 0.05) is 31.3 Å². The summed E-state index contributed by atoms with van der Waals surface area (Å²) in [4.78, 5) is 40.3. The van der Waals surface area contributed by atoms with Crippen LogP contribution >= 0.6 is 0 Å². The van der Waals surface area contributed by atoms with E-state index in [2.05, 4.69) is 20.3 Å². The molecule has 144 valence electrons. The van der Waals surface area contributed by atoms with Gasteiger partial charge in [-0.2, -0.15) is 5.10 Å². The number of amides is 1. The highest BCUT2D eigenvalue weighted by Crippen LogP contribution is 2.22. The molecule has 2 aromatic rings. The Bertz CT molecular complexity index is 918. The molecular weight excluding hydrogens is 346 g/mol. The highest BCUT2D eigenvalue weighted by Gasteiger charge is 2.25. The van der Waals surface area contributed by atoms with Gasteiger partial charge in [0.05, 0.1) is 6.04 Å². The molecule has 1 atom stereocenters. The van der Waals surface area contributed by atoms with E-state index in [9.17, 15) is 14.4 Å². The van der Waals surface area contributed by atoms with Crippen molar-refractivity contribution in [1.29, 1.82) is 0 Å². The summed E-state index contributed by atoms with van der Waals surface area (Å²) in [5, 5.41) is 7.41. The Kier molecular flexibility index (Phi) is 5.73. The molecule has 1 unspecified atom stereocenters. The fourth-order valence-electron chi connectivity index (χ4n) is 3.34. The maximum Gasteiger partial charge on any atom is 0.267 e. The minimum Gasteiger partial charge on any atom is -0.350 e. The number of nitrogens with one attached hydrogen (secondary N) is 2. The molecule has 0 aliphatic carbocycles. The first-order valence-electron chi connectivity index (χ1n) is 9.30. The van der Waals surface area contributed by atoms with E-state index >= 15 is 0 Å². The number of aromatic amines is 1. The first kappa shape index (κ1) is 18.9. The molecule has 1 amide bonds. The number of hydrogen-bond donors (Lipinski definition) is 2. The van der Waals surface area contributed by atoms with Crippen molar-refractivity contribution in [2.24, 2.45) is 0 Å². The molecule has 0 saturated carbocycles. The maximum absolute atomic E-state index is 12.3. The van der Waals surface area contributed by atoms with E-state index in [1.165, 1.54) is 10.7 Å². The van der Waals surface area contributed by atoms with E-state index in [1.54, 1.807) is 24.3 Å². The third-order valence-corrected chi connectivity index (χ3v) is 4.73. The molecule has 1 saturated heterocycles. The lowest BCUT2D eigenvalue weighted by atomic mass is 10.0. The number of rotatable bonds is 5. The molecule has 0 radical (unpaired) electrons. The normalized spacial score (nSPS) is 17.1. The molecule has 1 aliphatic heterocycles. The number of nitrogens with zero attached hydrogens (tertiary/aromatic N) is 3. The number of aromatic nitrogens is 3. The minimum absolute atomic E-state index is 0.0182. The molecule has 0 bridgehead atoms. The second-order valence-corrected chi connectivity index (χ2v) is 7.05. The molecule has 0 aromatic carbocycles.